The molecular weight excluding hydrogens is 370 g/mol. The van der Waals surface area contributed by atoms with Gasteiger partial charge in [0, 0.05) is 32.9 Å². The maximum Gasteiger partial charge on any atom is 0.248 e. The SMILES string of the molecule is c1ccc(-c2nnc(-c3ccc(-c4ccc5c(c4)[nH]c4ccccc45)cc3)o2)cc1. The highest BCUT2D eigenvalue weighted by Gasteiger charge is 2.11. The van der Waals surface area contributed by atoms with Crippen LogP contribution in [0.4, 0.5) is 0 Å². The number of nitrogens with one attached hydrogen (secondary N) is 1. The summed E-state index contributed by atoms with van der Waals surface area (Å²) >= 11 is 0. The van der Waals surface area contributed by atoms with Crippen LogP contribution in [-0.2, 0) is 0 Å². The molecule has 0 spiro atoms. The molecule has 142 valence electrons. The van der Waals surface area contributed by atoms with Gasteiger partial charge in [-0.05, 0) is 47.5 Å². The zero-order chi connectivity index (χ0) is 19.9. The van der Waals surface area contributed by atoms with E-state index in [1.807, 2.05) is 42.5 Å². The van der Waals surface area contributed by atoms with Gasteiger partial charge in [-0.2, -0.15) is 0 Å². The fraction of sp³-hybridized carbons (Fsp3) is 0. The van der Waals surface area contributed by atoms with E-state index in [1.165, 1.54) is 10.8 Å². The number of aromatic amines is 1. The number of rotatable bonds is 3. The smallest absolute Gasteiger partial charge is 0.248 e. The van der Waals surface area contributed by atoms with E-state index in [1.54, 1.807) is 0 Å². The molecule has 0 amide bonds. The minimum absolute atomic E-state index is 0.520. The van der Waals surface area contributed by atoms with Gasteiger partial charge in [0.05, 0.1) is 0 Å². The Labute approximate surface area is 172 Å². The third-order valence-electron chi connectivity index (χ3n) is 5.42. The minimum Gasteiger partial charge on any atom is -0.416 e. The van der Waals surface area contributed by atoms with Crippen molar-refractivity contribution in [3.8, 4) is 34.0 Å². The molecule has 0 aliphatic rings. The molecule has 0 atom stereocenters. The van der Waals surface area contributed by atoms with Crippen molar-refractivity contribution in [3.63, 3.8) is 0 Å². The standard InChI is InChI=1S/C26H17N3O/c1-2-6-18(7-3-1)25-28-29-26(30-25)19-12-10-17(11-13-19)20-14-15-22-21-8-4-5-9-23(21)27-24(22)16-20/h1-16,27H. The Morgan fingerprint density at radius 1 is 0.500 bits per heavy atom. The lowest BCUT2D eigenvalue weighted by Gasteiger charge is -2.03. The van der Waals surface area contributed by atoms with E-state index >= 15 is 0 Å². The summed E-state index contributed by atoms with van der Waals surface area (Å²) in [5.74, 6) is 1.05. The second kappa shape index (κ2) is 6.71. The molecule has 0 bridgehead atoms. The van der Waals surface area contributed by atoms with Crippen LogP contribution in [0.1, 0.15) is 0 Å². The van der Waals surface area contributed by atoms with Gasteiger partial charge < -0.3 is 9.40 Å². The van der Waals surface area contributed by atoms with Gasteiger partial charge in [-0.3, -0.25) is 0 Å². The third kappa shape index (κ3) is 2.78. The van der Waals surface area contributed by atoms with Crippen LogP contribution in [-0.4, -0.2) is 15.2 Å². The number of para-hydroxylation sites is 1. The Kier molecular flexibility index (Phi) is 3.74. The largest absolute Gasteiger partial charge is 0.416 e. The maximum atomic E-state index is 5.87. The predicted molar refractivity (Wildman–Crippen MR) is 120 cm³/mol. The zero-order valence-corrected chi connectivity index (χ0v) is 16.0. The molecule has 30 heavy (non-hydrogen) atoms. The van der Waals surface area contributed by atoms with Crippen LogP contribution in [0.2, 0.25) is 0 Å². The monoisotopic (exact) mass is 387 g/mol. The van der Waals surface area contributed by atoms with Crippen LogP contribution >= 0.6 is 0 Å². The Morgan fingerprint density at radius 2 is 1.10 bits per heavy atom. The van der Waals surface area contributed by atoms with E-state index in [2.05, 4.69) is 69.8 Å². The number of fused-ring (bicyclic) bond motifs is 3. The van der Waals surface area contributed by atoms with E-state index in [-0.39, 0.29) is 0 Å². The predicted octanol–water partition coefficient (Wildman–Crippen LogP) is 6.71. The summed E-state index contributed by atoms with van der Waals surface area (Å²) in [6.45, 7) is 0. The van der Waals surface area contributed by atoms with Crippen LogP contribution in [0.5, 0.6) is 0 Å². The topological polar surface area (TPSA) is 54.7 Å². The number of nitrogens with zero attached hydrogens (tertiary/aromatic N) is 2. The molecule has 6 aromatic rings. The summed E-state index contributed by atoms with van der Waals surface area (Å²) in [5, 5.41) is 10.9. The Bertz CT molecular complexity index is 1480. The van der Waals surface area contributed by atoms with Gasteiger partial charge in [0.25, 0.3) is 0 Å². The molecule has 4 nitrogen and oxygen atoms in total. The molecule has 0 saturated carbocycles. The molecule has 0 aliphatic heterocycles. The maximum absolute atomic E-state index is 5.87. The van der Waals surface area contributed by atoms with E-state index in [0.29, 0.717) is 11.8 Å². The summed E-state index contributed by atoms with van der Waals surface area (Å²) in [5.41, 5.74) is 6.42. The Balaban J connectivity index is 1.33. The lowest BCUT2D eigenvalue weighted by atomic mass is 10.0. The van der Waals surface area contributed by atoms with Gasteiger partial charge in [-0.15, -0.1) is 10.2 Å². The summed E-state index contributed by atoms with van der Waals surface area (Å²) in [7, 11) is 0. The van der Waals surface area contributed by atoms with Crippen molar-refractivity contribution in [2.45, 2.75) is 0 Å². The fourth-order valence-electron chi connectivity index (χ4n) is 3.88. The van der Waals surface area contributed by atoms with E-state index < -0.39 is 0 Å². The van der Waals surface area contributed by atoms with Crippen molar-refractivity contribution >= 4 is 21.8 Å². The van der Waals surface area contributed by atoms with E-state index in [9.17, 15) is 0 Å². The van der Waals surface area contributed by atoms with Gasteiger partial charge >= 0.3 is 0 Å². The quantitative estimate of drug-likeness (QED) is 0.367. The molecule has 0 saturated heterocycles. The van der Waals surface area contributed by atoms with Gasteiger partial charge in [-0.1, -0.05) is 60.7 Å². The van der Waals surface area contributed by atoms with Crippen molar-refractivity contribution in [2.24, 2.45) is 0 Å². The van der Waals surface area contributed by atoms with Gasteiger partial charge in [0.15, 0.2) is 0 Å². The number of benzene rings is 4. The summed E-state index contributed by atoms with van der Waals surface area (Å²) in [6, 6.07) is 32.9. The number of aromatic nitrogens is 3. The van der Waals surface area contributed by atoms with Gasteiger partial charge in [0.1, 0.15) is 0 Å². The van der Waals surface area contributed by atoms with E-state index in [4.69, 9.17) is 4.42 Å². The highest BCUT2D eigenvalue weighted by atomic mass is 16.4. The lowest BCUT2D eigenvalue weighted by molar-refractivity contribution is 0.584. The van der Waals surface area contributed by atoms with Crippen LogP contribution in [0.3, 0.4) is 0 Å². The van der Waals surface area contributed by atoms with Crippen molar-refractivity contribution in [1.29, 1.82) is 0 Å². The van der Waals surface area contributed by atoms with Crippen LogP contribution < -0.4 is 0 Å². The molecule has 0 aliphatic carbocycles. The van der Waals surface area contributed by atoms with Crippen LogP contribution in [0, 0.1) is 0 Å². The molecule has 6 rings (SSSR count). The second-order valence-corrected chi connectivity index (χ2v) is 7.29. The zero-order valence-electron chi connectivity index (χ0n) is 16.0. The summed E-state index contributed by atoms with van der Waals surface area (Å²) in [6.07, 6.45) is 0. The number of hydrogen-bond acceptors (Lipinski definition) is 3. The number of H-pyrrole nitrogens is 1. The summed E-state index contributed by atoms with van der Waals surface area (Å²) in [4.78, 5) is 3.51. The normalized spacial score (nSPS) is 11.3. The summed E-state index contributed by atoms with van der Waals surface area (Å²) < 4.78 is 5.87. The van der Waals surface area contributed by atoms with Crippen molar-refractivity contribution in [1.82, 2.24) is 15.2 Å². The molecule has 2 heterocycles. The van der Waals surface area contributed by atoms with Crippen molar-refractivity contribution < 1.29 is 4.42 Å². The molecule has 4 aromatic carbocycles. The molecule has 0 fully saturated rings. The molecule has 1 N–H and O–H groups in total. The average Bonchev–Trinajstić information content (AvgIpc) is 3.44. The first-order valence-electron chi connectivity index (χ1n) is 9.85. The highest BCUT2D eigenvalue weighted by Crippen LogP contribution is 2.31. The van der Waals surface area contributed by atoms with Crippen molar-refractivity contribution in [3.05, 3.63) is 97.1 Å². The first-order chi connectivity index (χ1) is 14.8. The molecule has 0 radical (unpaired) electrons. The average molecular weight is 387 g/mol. The first kappa shape index (κ1) is 16.7. The Hall–Kier alpha value is -4.18. The third-order valence-corrected chi connectivity index (χ3v) is 5.42. The van der Waals surface area contributed by atoms with Gasteiger partial charge in [0.2, 0.25) is 11.8 Å². The molecule has 0 unspecified atom stereocenters. The highest BCUT2D eigenvalue weighted by molar-refractivity contribution is 6.08. The van der Waals surface area contributed by atoms with Crippen molar-refractivity contribution in [2.75, 3.05) is 0 Å². The molecule has 4 heteroatoms. The van der Waals surface area contributed by atoms with E-state index in [0.717, 1.165) is 33.3 Å². The van der Waals surface area contributed by atoms with Crippen LogP contribution in [0.25, 0.3) is 55.8 Å². The van der Waals surface area contributed by atoms with Gasteiger partial charge in [-0.25, -0.2) is 0 Å². The van der Waals surface area contributed by atoms with Crippen LogP contribution in [0.15, 0.2) is 101 Å². The molecule has 2 aromatic heterocycles. The minimum atomic E-state index is 0.520. The second-order valence-electron chi connectivity index (χ2n) is 7.29. The number of hydrogen-bond donors (Lipinski definition) is 1. The lowest BCUT2D eigenvalue weighted by Crippen LogP contribution is -1.81. The molecular formula is C26H17N3O. The Morgan fingerprint density at radius 3 is 1.90 bits per heavy atom. The fourth-order valence-corrected chi connectivity index (χ4v) is 3.88. The first-order valence-corrected chi connectivity index (χ1v) is 9.85.